The van der Waals surface area contributed by atoms with E-state index in [4.69, 9.17) is 29.4 Å². The Labute approximate surface area is 365 Å². The summed E-state index contributed by atoms with van der Waals surface area (Å²) >= 11 is 0. The second-order valence-electron chi connectivity index (χ2n) is 15.1. The molecule has 60 heavy (non-hydrogen) atoms. The summed E-state index contributed by atoms with van der Waals surface area (Å²) in [7, 11) is -4.63. The summed E-state index contributed by atoms with van der Waals surface area (Å²) in [6, 6.07) is -1.48. The van der Waals surface area contributed by atoms with E-state index in [2.05, 4.69) is 98.9 Å². The molecule has 0 aromatic rings. The van der Waals surface area contributed by atoms with E-state index < -0.39 is 45.1 Å². The van der Waals surface area contributed by atoms with Gasteiger partial charge in [0.2, 0.25) is 0 Å². The zero-order valence-corrected chi connectivity index (χ0v) is 38.4. The molecular weight excluding hydrogens is 778 g/mol. The van der Waals surface area contributed by atoms with E-state index in [9.17, 15) is 19.0 Å². The SMILES string of the molecule is CC/C=C\C/C=C\C/C=C\C/C=C\C/C=C\CCCCCCCCCC(=O)OC(COCCCCCCCC/C=C\C/C=C\CCCC)COP(=O)(O)OCC(N)C(=O)O. The first-order valence-electron chi connectivity index (χ1n) is 23.1. The molecule has 0 aliphatic rings. The van der Waals surface area contributed by atoms with Crippen LogP contribution in [0.25, 0.3) is 0 Å². The molecule has 0 amide bonds. The smallest absolute Gasteiger partial charge is 0.472 e. The summed E-state index contributed by atoms with van der Waals surface area (Å²) in [4.78, 5) is 33.6. The van der Waals surface area contributed by atoms with Gasteiger partial charge in [-0.05, 0) is 83.5 Å². The highest BCUT2D eigenvalue weighted by Crippen LogP contribution is 2.43. The number of carbonyl (C=O) groups is 2. The molecule has 0 aliphatic carbocycles. The molecule has 0 saturated heterocycles. The molecule has 10 nitrogen and oxygen atoms in total. The van der Waals surface area contributed by atoms with Crippen molar-refractivity contribution in [3.8, 4) is 0 Å². The molecule has 0 aliphatic heterocycles. The first-order chi connectivity index (χ1) is 29.2. The number of rotatable bonds is 43. The van der Waals surface area contributed by atoms with E-state index in [-0.39, 0.29) is 13.0 Å². The fourth-order valence-electron chi connectivity index (χ4n) is 5.82. The molecule has 0 aromatic heterocycles. The fraction of sp³-hybridized carbons (Fsp3) is 0.673. The van der Waals surface area contributed by atoms with Gasteiger partial charge in [-0.25, -0.2) is 4.57 Å². The maximum atomic E-state index is 12.7. The molecule has 0 bridgehead atoms. The molecular formula is C49H84NO9P. The molecule has 0 saturated carbocycles. The van der Waals surface area contributed by atoms with Crippen LogP contribution in [-0.2, 0) is 32.7 Å². The second-order valence-corrected chi connectivity index (χ2v) is 16.6. The number of carboxylic acids is 1. The minimum atomic E-state index is -4.63. The number of aliphatic carboxylic acids is 1. The van der Waals surface area contributed by atoms with Gasteiger partial charge in [-0.2, -0.15) is 0 Å². The van der Waals surface area contributed by atoms with Gasteiger partial charge in [-0.1, -0.05) is 170 Å². The topological polar surface area (TPSA) is 155 Å². The van der Waals surface area contributed by atoms with Gasteiger partial charge in [0.15, 0.2) is 0 Å². The van der Waals surface area contributed by atoms with E-state index >= 15 is 0 Å². The molecule has 4 N–H and O–H groups in total. The number of carboxylic acid groups (broad SMARTS) is 1. The van der Waals surface area contributed by atoms with Crippen LogP contribution in [0, 0.1) is 0 Å². The van der Waals surface area contributed by atoms with Crippen molar-refractivity contribution in [2.24, 2.45) is 5.73 Å². The lowest BCUT2D eigenvalue weighted by Gasteiger charge is -2.20. The van der Waals surface area contributed by atoms with Crippen LogP contribution >= 0.6 is 7.82 Å². The lowest BCUT2D eigenvalue weighted by atomic mass is 10.1. The van der Waals surface area contributed by atoms with E-state index in [1.165, 1.54) is 57.8 Å². The molecule has 3 unspecified atom stereocenters. The van der Waals surface area contributed by atoms with Crippen molar-refractivity contribution in [2.45, 2.75) is 187 Å². The first kappa shape index (κ1) is 57.1. The van der Waals surface area contributed by atoms with Crippen molar-refractivity contribution < 1.29 is 42.7 Å². The number of allylic oxidation sites excluding steroid dienone is 14. The van der Waals surface area contributed by atoms with Crippen LogP contribution in [0.2, 0.25) is 0 Å². The molecule has 0 fully saturated rings. The van der Waals surface area contributed by atoms with Gasteiger partial charge in [0.25, 0.3) is 0 Å². The number of ether oxygens (including phenoxy) is 2. The molecule has 0 heterocycles. The van der Waals surface area contributed by atoms with Crippen molar-refractivity contribution in [1.82, 2.24) is 0 Å². The Bertz CT molecular complexity index is 1270. The fourth-order valence-corrected chi connectivity index (χ4v) is 6.60. The molecule has 0 aromatic carbocycles. The van der Waals surface area contributed by atoms with Gasteiger partial charge in [-0.15, -0.1) is 0 Å². The van der Waals surface area contributed by atoms with Crippen molar-refractivity contribution in [2.75, 3.05) is 26.4 Å². The number of unbranched alkanes of at least 4 members (excludes halogenated alkanes) is 15. The second kappa shape index (κ2) is 44.2. The summed E-state index contributed by atoms with van der Waals surface area (Å²) in [6.45, 7) is 3.68. The predicted octanol–water partition coefficient (Wildman–Crippen LogP) is 13.1. The number of hydrogen-bond donors (Lipinski definition) is 3. The number of esters is 1. The molecule has 11 heteroatoms. The average Bonchev–Trinajstić information content (AvgIpc) is 3.23. The normalized spacial score (nSPS) is 14.6. The average molecular weight is 862 g/mol. The van der Waals surface area contributed by atoms with Gasteiger partial charge in [0.1, 0.15) is 12.1 Å². The van der Waals surface area contributed by atoms with Crippen LogP contribution in [0.5, 0.6) is 0 Å². The number of carbonyl (C=O) groups excluding carboxylic acids is 1. The lowest BCUT2D eigenvalue weighted by molar-refractivity contribution is -0.154. The third-order valence-electron chi connectivity index (χ3n) is 9.41. The standard InChI is InChI=1S/C49H84NO9P/c1-3-5-7-9-11-13-15-17-19-20-21-22-23-24-25-26-27-29-31-33-35-37-39-41-48(51)59-46(44-57-60(54,55)58-45-47(50)49(52)53)43-56-42-40-38-36-34-32-30-28-18-16-14-12-10-8-6-4-2/h5,7,10-13,16-19,21-22,24-25,46-47H,3-4,6,8-9,14-15,20,23,26-45,50H2,1-2H3,(H,52,53)(H,54,55)/b7-5-,12-10-,13-11-,18-16-,19-17-,22-21-,25-24-. The number of phosphoric ester groups is 1. The van der Waals surface area contributed by atoms with Gasteiger partial charge in [0, 0.05) is 13.0 Å². The summed E-state index contributed by atoms with van der Waals surface area (Å²) < 4.78 is 33.4. The van der Waals surface area contributed by atoms with E-state index in [1.807, 2.05) is 0 Å². The van der Waals surface area contributed by atoms with Crippen LogP contribution < -0.4 is 5.73 Å². The highest BCUT2D eigenvalue weighted by molar-refractivity contribution is 7.47. The van der Waals surface area contributed by atoms with E-state index in [1.54, 1.807) is 0 Å². The summed E-state index contributed by atoms with van der Waals surface area (Å²) in [6.07, 6.45) is 56.3. The Morgan fingerprint density at radius 1 is 0.550 bits per heavy atom. The van der Waals surface area contributed by atoms with Crippen molar-refractivity contribution in [3.63, 3.8) is 0 Å². The zero-order chi connectivity index (χ0) is 44.0. The summed E-state index contributed by atoms with van der Waals surface area (Å²) in [5.41, 5.74) is 5.36. The molecule has 0 radical (unpaired) electrons. The van der Waals surface area contributed by atoms with E-state index in [0.717, 1.165) is 89.9 Å². The number of nitrogens with two attached hydrogens (primary N) is 1. The van der Waals surface area contributed by atoms with Crippen LogP contribution in [-0.4, -0.2) is 60.5 Å². The highest BCUT2D eigenvalue weighted by Gasteiger charge is 2.27. The van der Waals surface area contributed by atoms with Gasteiger partial charge < -0.3 is 25.2 Å². The predicted molar refractivity (Wildman–Crippen MR) is 249 cm³/mol. The maximum Gasteiger partial charge on any atom is 0.472 e. The van der Waals surface area contributed by atoms with Crippen LogP contribution in [0.4, 0.5) is 0 Å². The Morgan fingerprint density at radius 3 is 1.45 bits per heavy atom. The van der Waals surface area contributed by atoms with E-state index in [0.29, 0.717) is 13.0 Å². The molecule has 344 valence electrons. The minimum Gasteiger partial charge on any atom is -0.480 e. The molecule has 0 rings (SSSR count). The van der Waals surface area contributed by atoms with Gasteiger partial charge >= 0.3 is 19.8 Å². The monoisotopic (exact) mass is 862 g/mol. The minimum absolute atomic E-state index is 0.000128. The third kappa shape index (κ3) is 43.2. The van der Waals surface area contributed by atoms with Crippen LogP contribution in [0.1, 0.15) is 174 Å². The quantitative estimate of drug-likeness (QED) is 0.0233. The Kier molecular flexibility index (Phi) is 42.1. The van der Waals surface area contributed by atoms with Crippen LogP contribution in [0.3, 0.4) is 0 Å². The van der Waals surface area contributed by atoms with Crippen molar-refractivity contribution in [1.29, 1.82) is 0 Å². The highest BCUT2D eigenvalue weighted by atomic mass is 31.2. The number of phosphoric acid groups is 1. The Hall–Kier alpha value is -2.85. The number of hydrogen-bond acceptors (Lipinski definition) is 8. The Morgan fingerprint density at radius 2 is 0.967 bits per heavy atom. The van der Waals surface area contributed by atoms with Crippen molar-refractivity contribution >= 4 is 19.8 Å². The summed E-state index contributed by atoms with van der Waals surface area (Å²) in [5, 5.41) is 8.91. The summed E-state index contributed by atoms with van der Waals surface area (Å²) in [5.74, 6) is -1.80. The first-order valence-corrected chi connectivity index (χ1v) is 24.6. The van der Waals surface area contributed by atoms with Gasteiger partial charge in [0.05, 0.1) is 19.8 Å². The lowest BCUT2D eigenvalue weighted by Crippen LogP contribution is -2.34. The maximum absolute atomic E-state index is 12.7. The third-order valence-corrected chi connectivity index (χ3v) is 10.4. The molecule has 0 spiro atoms. The van der Waals surface area contributed by atoms with Gasteiger partial charge in [-0.3, -0.25) is 18.6 Å². The zero-order valence-electron chi connectivity index (χ0n) is 37.5. The molecule has 3 atom stereocenters. The van der Waals surface area contributed by atoms with Crippen LogP contribution in [0.15, 0.2) is 85.1 Å². The van der Waals surface area contributed by atoms with Crippen molar-refractivity contribution in [3.05, 3.63) is 85.1 Å². The largest absolute Gasteiger partial charge is 0.480 e. The Balaban J connectivity index is 4.25.